The molecule has 2 aromatic carbocycles. The van der Waals surface area contributed by atoms with Crippen LogP contribution >= 0.6 is 11.6 Å². The summed E-state index contributed by atoms with van der Waals surface area (Å²) in [6.07, 6.45) is 4.16. The lowest BCUT2D eigenvalue weighted by Crippen LogP contribution is -2.43. The van der Waals surface area contributed by atoms with Gasteiger partial charge in [0.15, 0.2) is 0 Å². The highest BCUT2D eigenvalue weighted by atomic mass is 35.5. The fourth-order valence-electron chi connectivity index (χ4n) is 4.02. The van der Waals surface area contributed by atoms with E-state index >= 15 is 0 Å². The van der Waals surface area contributed by atoms with Gasteiger partial charge in [-0.3, -0.25) is 4.98 Å². The molecular formula is C25H27ClN2O. The third-order valence-corrected chi connectivity index (χ3v) is 6.19. The Morgan fingerprint density at radius 1 is 0.966 bits per heavy atom. The molecule has 1 aliphatic rings. The fraction of sp³-hybridized carbons (Fsp3) is 0.320. The smallest absolute Gasteiger partial charge is 0.0732 e. The number of hydrogen-bond donors (Lipinski definition) is 0. The van der Waals surface area contributed by atoms with Gasteiger partial charge in [-0.25, -0.2) is 0 Å². The Bertz CT molecular complexity index is 902. The van der Waals surface area contributed by atoms with Crippen LogP contribution in [0.4, 0.5) is 0 Å². The molecule has 0 N–H and O–H groups in total. The van der Waals surface area contributed by atoms with Crippen LogP contribution in [-0.2, 0) is 16.8 Å². The van der Waals surface area contributed by atoms with Gasteiger partial charge >= 0.3 is 0 Å². The molecule has 0 saturated carbocycles. The Balaban J connectivity index is 1.40. The highest BCUT2D eigenvalue weighted by Gasteiger charge is 2.35. The molecular weight excluding hydrogens is 380 g/mol. The van der Waals surface area contributed by atoms with Gasteiger partial charge in [0.25, 0.3) is 0 Å². The van der Waals surface area contributed by atoms with E-state index in [1.54, 1.807) is 0 Å². The summed E-state index contributed by atoms with van der Waals surface area (Å²) in [7, 11) is 2.20. The average Bonchev–Trinajstić information content (AvgIpc) is 2.77. The lowest BCUT2D eigenvalue weighted by molar-refractivity contribution is 0.0406. The Labute approximate surface area is 178 Å². The van der Waals surface area contributed by atoms with E-state index in [2.05, 4.69) is 53.3 Å². The summed E-state index contributed by atoms with van der Waals surface area (Å²) < 4.78 is 6.24. The first kappa shape index (κ1) is 20.1. The topological polar surface area (TPSA) is 25.4 Å². The number of rotatable bonds is 6. The van der Waals surface area contributed by atoms with E-state index < -0.39 is 0 Å². The molecule has 0 atom stereocenters. The van der Waals surface area contributed by atoms with Gasteiger partial charge in [-0.15, -0.1) is 0 Å². The fourth-order valence-corrected chi connectivity index (χ4v) is 4.15. The molecule has 0 amide bonds. The Hall–Kier alpha value is -2.20. The number of ether oxygens (including phenoxy) is 1. The van der Waals surface area contributed by atoms with Crippen molar-refractivity contribution in [3.05, 3.63) is 89.1 Å². The predicted octanol–water partition coefficient (Wildman–Crippen LogP) is 5.58. The van der Waals surface area contributed by atoms with Gasteiger partial charge < -0.3 is 9.64 Å². The summed E-state index contributed by atoms with van der Waals surface area (Å²) in [5, 5.41) is 0.736. The van der Waals surface area contributed by atoms with Gasteiger partial charge in [0.2, 0.25) is 0 Å². The molecule has 29 heavy (non-hydrogen) atoms. The summed E-state index contributed by atoms with van der Waals surface area (Å²) in [5.74, 6) is 0. The highest BCUT2D eigenvalue weighted by molar-refractivity contribution is 6.30. The molecule has 3 nitrogen and oxygen atoms in total. The van der Waals surface area contributed by atoms with Gasteiger partial charge in [0.05, 0.1) is 18.9 Å². The van der Waals surface area contributed by atoms with Crippen LogP contribution in [0.25, 0.3) is 11.3 Å². The molecule has 0 spiro atoms. The molecule has 150 valence electrons. The molecule has 0 aliphatic carbocycles. The molecule has 1 saturated heterocycles. The number of nitrogens with zero attached hydrogens (tertiary/aromatic N) is 2. The predicted molar refractivity (Wildman–Crippen MR) is 119 cm³/mol. The van der Waals surface area contributed by atoms with Crippen molar-refractivity contribution in [2.24, 2.45) is 0 Å². The van der Waals surface area contributed by atoms with Crippen molar-refractivity contribution in [2.75, 3.05) is 26.7 Å². The normalized spacial score (nSPS) is 16.6. The van der Waals surface area contributed by atoms with Gasteiger partial charge in [-0.2, -0.15) is 0 Å². The lowest BCUT2D eigenvalue weighted by Gasteiger charge is -2.41. The van der Waals surface area contributed by atoms with Crippen LogP contribution in [0.5, 0.6) is 0 Å². The molecule has 3 aromatic rings. The minimum Gasteiger partial charge on any atom is -0.376 e. The molecule has 4 rings (SSSR count). The standard InChI is InChI=1S/C25H27ClN2O/c1-28-15-13-25(14-16-28,22-5-3-2-4-6-22)19-29-18-20-7-12-24(27-17-20)21-8-10-23(26)11-9-21/h2-12,17H,13-16,18-19H2,1H3. The highest BCUT2D eigenvalue weighted by Crippen LogP contribution is 2.35. The van der Waals surface area contributed by atoms with Crippen molar-refractivity contribution < 1.29 is 4.74 Å². The van der Waals surface area contributed by atoms with Crippen LogP contribution in [0.3, 0.4) is 0 Å². The first-order chi connectivity index (χ1) is 14.1. The van der Waals surface area contributed by atoms with Crippen molar-refractivity contribution >= 4 is 11.6 Å². The minimum absolute atomic E-state index is 0.102. The molecule has 0 bridgehead atoms. The van der Waals surface area contributed by atoms with E-state index in [1.807, 2.05) is 36.5 Å². The van der Waals surface area contributed by atoms with Crippen molar-refractivity contribution in [3.8, 4) is 11.3 Å². The van der Waals surface area contributed by atoms with Crippen LogP contribution < -0.4 is 0 Å². The van der Waals surface area contributed by atoms with E-state index in [0.29, 0.717) is 6.61 Å². The van der Waals surface area contributed by atoms with E-state index in [0.717, 1.165) is 54.4 Å². The van der Waals surface area contributed by atoms with Gasteiger partial charge in [-0.1, -0.05) is 60.1 Å². The zero-order chi connectivity index (χ0) is 20.1. The van der Waals surface area contributed by atoms with Gasteiger partial charge in [-0.05, 0) is 62.3 Å². The maximum atomic E-state index is 6.24. The molecule has 0 unspecified atom stereocenters. The largest absolute Gasteiger partial charge is 0.376 e. The lowest BCUT2D eigenvalue weighted by atomic mass is 9.73. The van der Waals surface area contributed by atoms with E-state index in [4.69, 9.17) is 16.3 Å². The zero-order valence-electron chi connectivity index (χ0n) is 16.9. The van der Waals surface area contributed by atoms with Crippen molar-refractivity contribution in [3.63, 3.8) is 0 Å². The SMILES string of the molecule is CN1CCC(COCc2ccc(-c3ccc(Cl)cc3)nc2)(c2ccccc2)CC1. The summed E-state index contributed by atoms with van der Waals surface area (Å²) >= 11 is 5.97. The molecule has 0 radical (unpaired) electrons. The quantitative estimate of drug-likeness (QED) is 0.534. The second-order valence-corrected chi connectivity index (χ2v) is 8.44. The summed E-state index contributed by atoms with van der Waals surface area (Å²) in [5.41, 5.74) is 4.60. The second kappa shape index (κ2) is 9.08. The third-order valence-electron chi connectivity index (χ3n) is 5.94. The summed E-state index contributed by atoms with van der Waals surface area (Å²) in [6, 6.07) is 22.7. The number of pyridine rings is 1. The number of benzene rings is 2. The maximum Gasteiger partial charge on any atom is 0.0732 e. The van der Waals surface area contributed by atoms with Crippen molar-refractivity contribution in [2.45, 2.75) is 24.9 Å². The van der Waals surface area contributed by atoms with E-state index in [9.17, 15) is 0 Å². The van der Waals surface area contributed by atoms with Gasteiger partial charge in [0, 0.05) is 22.2 Å². The average molecular weight is 407 g/mol. The van der Waals surface area contributed by atoms with Crippen molar-refractivity contribution in [1.82, 2.24) is 9.88 Å². The Morgan fingerprint density at radius 3 is 2.34 bits per heavy atom. The number of halogens is 1. The van der Waals surface area contributed by atoms with Crippen LogP contribution in [0, 0.1) is 0 Å². The number of aromatic nitrogens is 1. The number of hydrogen-bond acceptors (Lipinski definition) is 3. The molecule has 2 heterocycles. The van der Waals surface area contributed by atoms with Gasteiger partial charge in [0.1, 0.15) is 0 Å². The van der Waals surface area contributed by atoms with Crippen LogP contribution in [-0.4, -0.2) is 36.6 Å². The summed E-state index contributed by atoms with van der Waals surface area (Å²) in [6.45, 7) is 3.54. The molecule has 1 aliphatic heterocycles. The minimum atomic E-state index is 0.102. The van der Waals surface area contributed by atoms with Crippen molar-refractivity contribution in [1.29, 1.82) is 0 Å². The van der Waals surface area contributed by atoms with Crippen LogP contribution in [0.2, 0.25) is 5.02 Å². The van der Waals surface area contributed by atoms with E-state index in [-0.39, 0.29) is 5.41 Å². The van der Waals surface area contributed by atoms with Crippen LogP contribution in [0.1, 0.15) is 24.0 Å². The van der Waals surface area contributed by atoms with Crippen LogP contribution in [0.15, 0.2) is 72.9 Å². The zero-order valence-corrected chi connectivity index (χ0v) is 17.6. The molecule has 1 fully saturated rings. The maximum absolute atomic E-state index is 6.24. The number of likely N-dealkylation sites (tertiary alicyclic amines) is 1. The second-order valence-electron chi connectivity index (χ2n) is 8.00. The third kappa shape index (κ3) is 4.87. The monoisotopic (exact) mass is 406 g/mol. The van der Waals surface area contributed by atoms with E-state index in [1.165, 1.54) is 5.56 Å². The number of piperidine rings is 1. The first-order valence-corrected chi connectivity index (χ1v) is 10.6. The molecule has 4 heteroatoms. The molecule has 1 aromatic heterocycles. The first-order valence-electron chi connectivity index (χ1n) is 10.2. The Kier molecular flexibility index (Phi) is 6.29. The Morgan fingerprint density at radius 2 is 1.69 bits per heavy atom. The summed E-state index contributed by atoms with van der Waals surface area (Å²) in [4.78, 5) is 7.00.